The van der Waals surface area contributed by atoms with Gasteiger partial charge in [-0.05, 0) is 25.0 Å². The molecule has 1 N–H and O–H groups in total. The quantitative estimate of drug-likeness (QED) is 0.874. The van der Waals surface area contributed by atoms with Crippen molar-refractivity contribution in [1.29, 1.82) is 0 Å². The van der Waals surface area contributed by atoms with Crippen molar-refractivity contribution in [3.8, 4) is 5.69 Å². The number of amides is 1. The molecule has 17 heavy (non-hydrogen) atoms. The fourth-order valence-electron chi connectivity index (χ4n) is 1.70. The minimum absolute atomic E-state index is 0.109. The molecule has 3 rings (SSSR count). The lowest BCUT2D eigenvalue weighted by Crippen LogP contribution is -2.12. The van der Waals surface area contributed by atoms with Crippen LogP contribution in [0.3, 0.4) is 0 Å². The van der Waals surface area contributed by atoms with E-state index in [0.717, 1.165) is 24.2 Å². The van der Waals surface area contributed by atoms with Gasteiger partial charge in [-0.1, -0.05) is 18.2 Å². The fourth-order valence-corrected chi connectivity index (χ4v) is 1.70. The highest BCUT2D eigenvalue weighted by Gasteiger charge is 2.29. The lowest BCUT2D eigenvalue weighted by atomic mass is 10.3. The van der Waals surface area contributed by atoms with Crippen LogP contribution < -0.4 is 5.32 Å². The normalized spacial score (nSPS) is 14.6. The molecule has 0 radical (unpaired) electrons. The van der Waals surface area contributed by atoms with E-state index in [0.29, 0.717) is 0 Å². The van der Waals surface area contributed by atoms with Crippen molar-refractivity contribution in [3.05, 3.63) is 42.7 Å². The monoisotopic (exact) mass is 227 g/mol. The van der Waals surface area contributed by atoms with Crippen LogP contribution in [0.1, 0.15) is 12.8 Å². The van der Waals surface area contributed by atoms with Crippen LogP contribution in [-0.4, -0.2) is 15.7 Å². The molecule has 4 heteroatoms. The third-order valence-electron chi connectivity index (χ3n) is 2.82. The first-order valence-corrected chi connectivity index (χ1v) is 5.74. The zero-order valence-corrected chi connectivity index (χ0v) is 9.34. The second kappa shape index (κ2) is 4.05. The van der Waals surface area contributed by atoms with Gasteiger partial charge in [0.25, 0.3) is 0 Å². The molecule has 1 aliphatic rings. The average molecular weight is 227 g/mol. The Labute approximate surface area is 99.3 Å². The molecule has 1 aliphatic carbocycles. The lowest BCUT2D eigenvalue weighted by molar-refractivity contribution is -0.117. The van der Waals surface area contributed by atoms with E-state index in [1.807, 2.05) is 36.5 Å². The largest absolute Gasteiger partial charge is 0.323 e. The van der Waals surface area contributed by atoms with Gasteiger partial charge in [0.15, 0.2) is 0 Å². The Morgan fingerprint density at radius 2 is 2.06 bits per heavy atom. The molecular formula is C13H13N3O. The van der Waals surface area contributed by atoms with E-state index in [1.54, 1.807) is 10.9 Å². The van der Waals surface area contributed by atoms with E-state index in [9.17, 15) is 4.79 Å². The maximum atomic E-state index is 11.6. The Hall–Kier alpha value is -2.10. The van der Waals surface area contributed by atoms with Crippen LogP contribution >= 0.6 is 0 Å². The van der Waals surface area contributed by atoms with Crippen molar-refractivity contribution in [2.45, 2.75) is 12.8 Å². The summed E-state index contributed by atoms with van der Waals surface area (Å²) < 4.78 is 1.75. The molecule has 1 amide bonds. The SMILES string of the molecule is O=C(Nc1cnn(-c2ccccc2)c1)C1CC1. The highest BCUT2D eigenvalue weighted by atomic mass is 16.2. The van der Waals surface area contributed by atoms with Gasteiger partial charge in [-0.2, -0.15) is 5.10 Å². The van der Waals surface area contributed by atoms with Crippen molar-refractivity contribution in [3.63, 3.8) is 0 Å². The van der Waals surface area contributed by atoms with Crippen molar-refractivity contribution in [1.82, 2.24) is 9.78 Å². The number of rotatable bonds is 3. The molecule has 0 unspecified atom stereocenters. The van der Waals surface area contributed by atoms with Crippen molar-refractivity contribution < 1.29 is 4.79 Å². The lowest BCUT2D eigenvalue weighted by Gasteiger charge is -2.00. The Morgan fingerprint density at radius 1 is 1.29 bits per heavy atom. The number of hydrogen-bond acceptors (Lipinski definition) is 2. The van der Waals surface area contributed by atoms with Gasteiger partial charge >= 0.3 is 0 Å². The smallest absolute Gasteiger partial charge is 0.227 e. The highest BCUT2D eigenvalue weighted by molar-refractivity contribution is 5.93. The van der Waals surface area contributed by atoms with Crippen LogP contribution in [0.25, 0.3) is 5.69 Å². The number of carbonyl (C=O) groups is 1. The first-order valence-electron chi connectivity index (χ1n) is 5.74. The van der Waals surface area contributed by atoms with Crippen molar-refractivity contribution >= 4 is 11.6 Å². The summed E-state index contributed by atoms with van der Waals surface area (Å²) in [7, 11) is 0. The Balaban J connectivity index is 1.76. The molecular weight excluding hydrogens is 214 g/mol. The number of aromatic nitrogens is 2. The molecule has 4 nitrogen and oxygen atoms in total. The van der Waals surface area contributed by atoms with Crippen LogP contribution in [0.4, 0.5) is 5.69 Å². The summed E-state index contributed by atoms with van der Waals surface area (Å²) in [4.78, 5) is 11.6. The number of nitrogens with zero attached hydrogens (tertiary/aromatic N) is 2. The summed E-state index contributed by atoms with van der Waals surface area (Å²) in [5, 5.41) is 7.09. The summed E-state index contributed by atoms with van der Waals surface area (Å²) in [6, 6.07) is 9.82. The summed E-state index contributed by atoms with van der Waals surface area (Å²) >= 11 is 0. The van der Waals surface area contributed by atoms with Crippen molar-refractivity contribution in [2.24, 2.45) is 5.92 Å². The van der Waals surface area contributed by atoms with Gasteiger partial charge < -0.3 is 5.32 Å². The predicted molar refractivity (Wildman–Crippen MR) is 64.9 cm³/mol. The summed E-state index contributed by atoms with van der Waals surface area (Å²) in [6.45, 7) is 0. The number of para-hydroxylation sites is 1. The second-order valence-electron chi connectivity index (χ2n) is 4.27. The molecule has 1 saturated carbocycles. The van der Waals surface area contributed by atoms with Gasteiger partial charge in [-0.25, -0.2) is 4.68 Å². The van der Waals surface area contributed by atoms with Crippen molar-refractivity contribution in [2.75, 3.05) is 5.32 Å². The van der Waals surface area contributed by atoms with E-state index < -0.39 is 0 Å². The number of benzene rings is 1. The van der Waals surface area contributed by atoms with E-state index in [2.05, 4.69) is 10.4 Å². The molecule has 0 bridgehead atoms. The zero-order valence-electron chi connectivity index (χ0n) is 9.34. The zero-order chi connectivity index (χ0) is 11.7. The Morgan fingerprint density at radius 3 is 2.76 bits per heavy atom. The third-order valence-corrected chi connectivity index (χ3v) is 2.82. The highest BCUT2D eigenvalue weighted by Crippen LogP contribution is 2.30. The van der Waals surface area contributed by atoms with Gasteiger partial charge in [0, 0.05) is 5.92 Å². The van der Waals surface area contributed by atoms with E-state index >= 15 is 0 Å². The van der Waals surface area contributed by atoms with Crippen LogP contribution in [0, 0.1) is 5.92 Å². The Kier molecular flexibility index (Phi) is 2.40. The van der Waals surface area contributed by atoms with Gasteiger partial charge in [-0.3, -0.25) is 4.79 Å². The number of anilines is 1. The molecule has 0 spiro atoms. The minimum Gasteiger partial charge on any atom is -0.323 e. The minimum atomic E-state index is 0.109. The molecule has 1 fully saturated rings. The predicted octanol–water partition coefficient (Wildman–Crippen LogP) is 2.22. The van der Waals surface area contributed by atoms with Gasteiger partial charge in [0.1, 0.15) is 0 Å². The molecule has 0 atom stereocenters. The van der Waals surface area contributed by atoms with E-state index in [1.165, 1.54) is 0 Å². The fraction of sp³-hybridized carbons (Fsp3) is 0.231. The van der Waals surface area contributed by atoms with Crippen LogP contribution in [-0.2, 0) is 4.79 Å². The molecule has 0 saturated heterocycles. The topological polar surface area (TPSA) is 46.9 Å². The Bertz CT molecular complexity index is 529. The molecule has 2 aromatic rings. The standard InChI is InChI=1S/C13H13N3O/c17-13(10-6-7-10)15-11-8-14-16(9-11)12-4-2-1-3-5-12/h1-5,8-10H,6-7H2,(H,15,17). The number of hydrogen-bond donors (Lipinski definition) is 1. The molecule has 86 valence electrons. The van der Waals surface area contributed by atoms with Gasteiger partial charge in [0.05, 0.1) is 23.8 Å². The maximum Gasteiger partial charge on any atom is 0.227 e. The summed E-state index contributed by atoms with van der Waals surface area (Å²) in [5.74, 6) is 0.327. The van der Waals surface area contributed by atoms with Crippen LogP contribution in [0.5, 0.6) is 0 Å². The molecule has 1 heterocycles. The van der Waals surface area contributed by atoms with Gasteiger partial charge in [0.2, 0.25) is 5.91 Å². The van der Waals surface area contributed by atoms with E-state index in [4.69, 9.17) is 0 Å². The number of carbonyl (C=O) groups excluding carboxylic acids is 1. The summed E-state index contributed by atoms with van der Waals surface area (Å²) in [5.41, 5.74) is 1.74. The van der Waals surface area contributed by atoms with E-state index in [-0.39, 0.29) is 11.8 Å². The molecule has 1 aromatic heterocycles. The average Bonchev–Trinajstić information content (AvgIpc) is 3.12. The third kappa shape index (κ3) is 2.20. The maximum absolute atomic E-state index is 11.6. The van der Waals surface area contributed by atoms with Crippen LogP contribution in [0.2, 0.25) is 0 Å². The molecule has 0 aliphatic heterocycles. The summed E-state index contributed by atoms with van der Waals surface area (Å²) in [6.07, 6.45) is 5.53. The molecule has 1 aromatic carbocycles. The first kappa shape index (κ1) is 10.1. The van der Waals surface area contributed by atoms with Gasteiger partial charge in [-0.15, -0.1) is 0 Å². The second-order valence-corrected chi connectivity index (χ2v) is 4.27. The first-order chi connectivity index (χ1) is 8.33. The van der Waals surface area contributed by atoms with Crippen LogP contribution in [0.15, 0.2) is 42.7 Å². The number of nitrogens with one attached hydrogen (secondary N) is 1.